The summed E-state index contributed by atoms with van der Waals surface area (Å²) in [6.07, 6.45) is 0.625. The van der Waals surface area contributed by atoms with E-state index in [1.54, 1.807) is 12.1 Å². The molecule has 0 aliphatic heterocycles. The Morgan fingerprint density at radius 2 is 2.09 bits per heavy atom. The van der Waals surface area contributed by atoms with E-state index in [2.05, 4.69) is 21.2 Å². The fourth-order valence-corrected chi connectivity index (χ4v) is 2.78. The summed E-state index contributed by atoms with van der Waals surface area (Å²) in [6.45, 7) is 5.67. The molecule has 118 valence electrons. The highest BCUT2D eigenvalue weighted by molar-refractivity contribution is 9.10. The quantitative estimate of drug-likeness (QED) is 0.838. The first-order valence-corrected chi connectivity index (χ1v) is 7.96. The summed E-state index contributed by atoms with van der Waals surface area (Å²) in [5, 5.41) is 2.92. The number of benzene rings is 1. The van der Waals surface area contributed by atoms with Crippen LogP contribution in [0.15, 0.2) is 33.2 Å². The van der Waals surface area contributed by atoms with Crippen LogP contribution in [0.1, 0.15) is 42.0 Å². The Balaban J connectivity index is 1.91. The maximum absolute atomic E-state index is 13.7. The molecule has 0 aliphatic carbocycles. The Bertz CT molecular complexity index is 681. The number of rotatable bonds is 5. The van der Waals surface area contributed by atoms with Gasteiger partial charge in [-0.3, -0.25) is 4.79 Å². The third-order valence-corrected chi connectivity index (χ3v) is 4.05. The maximum Gasteiger partial charge on any atom is 0.220 e. The molecule has 1 aromatic carbocycles. The molecule has 0 aliphatic rings. The Hall–Kier alpha value is -1.62. The Labute approximate surface area is 138 Å². The third kappa shape index (κ3) is 4.19. The molecular weight excluding hydrogens is 349 g/mol. The Morgan fingerprint density at radius 1 is 1.36 bits per heavy atom. The van der Waals surface area contributed by atoms with Gasteiger partial charge in [0.1, 0.15) is 17.3 Å². The van der Waals surface area contributed by atoms with Crippen molar-refractivity contribution in [1.82, 2.24) is 5.32 Å². The van der Waals surface area contributed by atoms with Crippen LogP contribution >= 0.6 is 15.9 Å². The molecule has 0 bridgehead atoms. The summed E-state index contributed by atoms with van der Waals surface area (Å²) < 4.78 is 19.9. The van der Waals surface area contributed by atoms with Crippen LogP contribution in [0, 0.1) is 19.7 Å². The van der Waals surface area contributed by atoms with Crippen molar-refractivity contribution in [2.45, 2.75) is 39.7 Å². The number of carbonyl (C=O) groups excluding carboxylic acids is 1. The zero-order valence-electron chi connectivity index (χ0n) is 12.9. The van der Waals surface area contributed by atoms with Crippen molar-refractivity contribution in [3.63, 3.8) is 0 Å². The van der Waals surface area contributed by atoms with Crippen LogP contribution in [0.3, 0.4) is 0 Å². The van der Waals surface area contributed by atoms with E-state index in [4.69, 9.17) is 4.42 Å². The predicted octanol–water partition coefficient (Wildman–Crippen LogP) is 4.61. The first-order valence-electron chi connectivity index (χ1n) is 7.17. The van der Waals surface area contributed by atoms with Crippen LogP contribution in [-0.2, 0) is 11.2 Å². The number of halogens is 2. The summed E-state index contributed by atoms with van der Waals surface area (Å²) in [7, 11) is 0. The van der Waals surface area contributed by atoms with Gasteiger partial charge in [-0.2, -0.15) is 0 Å². The SMILES string of the molecule is Cc1cc(C(C)NC(=O)CCc2ccc(Br)cc2F)c(C)o1. The predicted molar refractivity (Wildman–Crippen MR) is 87.2 cm³/mol. The summed E-state index contributed by atoms with van der Waals surface area (Å²) in [5.41, 5.74) is 1.52. The molecule has 3 nitrogen and oxygen atoms in total. The zero-order chi connectivity index (χ0) is 16.3. The molecule has 5 heteroatoms. The molecule has 1 atom stereocenters. The van der Waals surface area contributed by atoms with Crippen molar-refractivity contribution in [2.75, 3.05) is 0 Å². The van der Waals surface area contributed by atoms with Gasteiger partial charge in [0.15, 0.2) is 0 Å². The summed E-state index contributed by atoms with van der Waals surface area (Å²) in [4.78, 5) is 12.0. The van der Waals surface area contributed by atoms with E-state index in [0.717, 1.165) is 17.1 Å². The van der Waals surface area contributed by atoms with Crippen LogP contribution < -0.4 is 5.32 Å². The van der Waals surface area contributed by atoms with E-state index in [1.165, 1.54) is 6.07 Å². The standard InChI is InChI=1S/C17H19BrFNO2/c1-10-8-15(12(3)22-10)11(2)20-17(21)7-5-13-4-6-14(18)9-16(13)19/h4,6,8-9,11H,5,7H2,1-3H3,(H,20,21). The van der Waals surface area contributed by atoms with Gasteiger partial charge in [0.05, 0.1) is 6.04 Å². The fraction of sp³-hybridized carbons (Fsp3) is 0.353. The van der Waals surface area contributed by atoms with Crippen molar-refractivity contribution in [1.29, 1.82) is 0 Å². The molecule has 1 N–H and O–H groups in total. The van der Waals surface area contributed by atoms with Gasteiger partial charge in [-0.05, 0) is 51.0 Å². The smallest absolute Gasteiger partial charge is 0.220 e. The third-order valence-electron chi connectivity index (χ3n) is 3.56. The van der Waals surface area contributed by atoms with Gasteiger partial charge in [-0.25, -0.2) is 4.39 Å². The van der Waals surface area contributed by atoms with E-state index < -0.39 is 0 Å². The number of aryl methyl sites for hydroxylation is 3. The van der Waals surface area contributed by atoms with Crippen molar-refractivity contribution in [3.8, 4) is 0 Å². The molecule has 22 heavy (non-hydrogen) atoms. The topological polar surface area (TPSA) is 42.2 Å². The van der Waals surface area contributed by atoms with Crippen molar-refractivity contribution in [2.24, 2.45) is 0 Å². The number of hydrogen-bond donors (Lipinski definition) is 1. The second-order valence-electron chi connectivity index (χ2n) is 5.39. The van der Waals surface area contributed by atoms with Gasteiger partial charge in [0, 0.05) is 16.5 Å². The molecule has 1 amide bonds. The lowest BCUT2D eigenvalue weighted by molar-refractivity contribution is -0.121. The van der Waals surface area contributed by atoms with Gasteiger partial charge in [0.2, 0.25) is 5.91 Å². The van der Waals surface area contributed by atoms with Gasteiger partial charge in [0.25, 0.3) is 0 Å². The molecule has 0 radical (unpaired) electrons. The molecule has 0 spiro atoms. The molecule has 2 rings (SSSR count). The maximum atomic E-state index is 13.7. The highest BCUT2D eigenvalue weighted by Crippen LogP contribution is 2.21. The molecule has 1 unspecified atom stereocenters. The van der Waals surface area contributed by atoms with Crippen LogP contribution in [0.5, 0.6) is 0 Å². The van der Waals surface area contributed by atoms with Gasteiger partial charge in [-0.15, -0.1) is 0 Å². The minimum absolute atomic E-state index is 0.104. The average Bonchev–Trinajstić information content (AvgIpc) is 2.77. The lowest BCUT2D eigenvalue weighted by atomic mass is 10.1. The molecular formula is C17H19BrFNO2. The van der Waals surface area contributed by atoms with Crippen molar-refractivity contribution in [3.05, 3.63) is 57.2 Å². The van der Waals surface area contributed by atoms with Crippen LogP contribution in [0.25, 0.3) is 0 Å². The highest BCUT2D eigenvalue weighted by Gasteiger charge is 2.15. The lowest BCUT2D eigenvalue weighted by Crippen LogP contribution is -2.27. The monoisotopic (exact) mass is 367 g/mol. The Morgan fingerprint density at radius 3 is 2.68 bits per heavy atom. The van der Waals surface area contributed by atoms with E-state index >= 15 is 0 Å². The number of furan rings is 1. The Kier molecular flexibility index (Phi) is 5.40. The van der Waals surface area contributed by atoms with E-state index in [0.29, 0.717) is 16.5 Å². The summed E-state index contributed by atoms with van der Waals surface area (Å²) in [6, 6.07) is 6.68. The second kappa shape index (κ2) is 7.09. The molecule has 2 aromatic rings. The molecule has 1 aromatic heterocycles. The molecule has 0 saturated carbocycles. The largest absolute Gasteiger partial charge is 0.466 e. The highest BCUT2D eigenvalue weighted by atomic mass is 79.9. The zero-order valence-corrected chi connectivity index (χ0v) is 14.5. The van der Waals surface area contributed by atoms with Crippen molar-refractivity contribution < 1.29 is 13.6 Å². The van der Waals surface area contributed by atoms with Crippen LogP contribution in [0.2, 0.25) is 0 Å². The molecule has 0 saturated heterocycles. The van der Waals surface area contributed by atoms with Gasteiger partial charge in [-0.1, -0.05) is 22.0 Å². The van der Waals surface area contributed by atoms with Gasteiger partial charge >= 0.3 is 0 Å². The number of amides is 1. The fourth-order valence-electron chi connectivity index (χ4n) is 2.44. The minimum Gasteiger partial charge on any atom is -0.466 e. The second-order valence-corrected chi connectivity index (χ2v) is 6.31. The summed E-state index contributed by atoms with van der Waals surface area (Å²) in [5.74, 6) is 1.24. The van der Waals surface area contributed by atoms with E-state index in [1.807, 2.05) is 26.8 Å². The van der Waals surface area contributed by atoms with Gasteiger partial charge < -0.3 is 9.73 Å². The van der Waals surface area contributed by atoms with Crippen LogP contribution in [0.4, 0.5) is 4.39 Å². The normalized spacial score (nSPS) is 12.2. The average molecular weight is 368 g/mol. The number of carbonyl (C=O) groups is 1. The molecule has 0 fully saturated rings. The lowest BCUT2D eigenvalue weighted by Gasteiger charge is -2.13. The number of nitrogens with one attached hydrogen (secondary N) is 1. The van der Waals surface area contributed by atoms with Crippen molar-refractivity contribution >= 4 is 21.8 Å². The van der Waals surface area contributed by atoms with Crippen LogP contribution in [-0.4, -0.2) is 5.91 Å². The number of hydrogen-bond acceptors (Lipinski definition) is 2. The van der Waals surface area contributed by atoms with E-state index in [-0.39, 0.29) is 24.2 Å². The summed E-state index contributed by atoms with van der Waals surface area (Å²) >= 11 is 3.22. The first kappa shape index (κ1) is 16.7. The minimum atomic E-state index is -0.295. The first-order chi connectivity index (χ1) is 10.4. The molecule has 1 heterocycles. The van der Waals surface area contributed by atoms with E-state index in [9.17, 15) is 9.18 Å².